The number of rotatable bonds is 7. The molecule has 3 heteroatoms. The Morgan fingerprint density at radius 1 is 1.20 bits per heavy atom. The van der Waals surface area contributed by atoms with Crippen LogP contribution in [0.1, 0.15) is 34.1 Å². The monoisotopic (exact) mass is 216 g/mol. The minimum atomic E-state index is -0.126. The van der Waals surface area contributed by atoms with Gasteiger partial charge >= 0.3 is 5.97 Å². The molecule has 2 atom stereocenters. The molecule has 0 saturated carbocycles. The molecule has 0 saturated heterocycles. The second-order valence-corrected chi connectivity index (χ2v) is 4.47. The largest absolute Gasteiger partial charge is 0.465 e. The fourth-order valence-corrected chi connectivity index (χ4v) is 1.28. The Morgan fingerprint density at radius 2 is 1.80 bits per heavy atom. The van der Waals surface area contributed by atoms with Crippen LogP contribution in [-0.2, 0) is 14.3 Å². The summed E-state index contributed by atoms with van der Waals surface area (Å²) in [5.74, 6) is 0.442. The van der Waals surface area contributed by atoms with E-state index in [2.05, 4.69) is 13.8 Å². The summed E-state index contributed by atoms with van der Waals surface area (Å²) in [5, 5.41) is 0. The van der Waals surface area contributed by atoms with Gasteiger partial charge in [-0.25, -0.2) is 0 Å². The molecule has 0 aliphatic heterocycles. The number of ether oxygens (including phenoxy) is 2. The molecule has 0 aromatic heterocycles. The summed E-state index contributed by atoms with van der Waals surface area (Å²) >= 11 is 0. The molecule has 3 nitrogen and oxygen atoms in total. The molecule has 15 heavy (non-hydrogen) atoms. The zero-order valence-electron chi connectivity index (χ0n) is 10.6. The molecule has 0 aliphatic rings. The van der Waals surface area contributed by atoms with Gasteiger partial charge in [-0.1, -0.05) is 34.1 Å². The molecule has 0 aromatic rings. The third-order valence-corrected chi connectivity index (χ3v) is 2.54. The van der Waals surface area contributed by atoms with Crippen molar-refractivity contribution in [2.45, 2.75) is 34.1 Å². The number of carbonyl (C=O) groups excluding carboxylic acids is 1. The Morgan fingerprint density at radius 3 is 2.20 bits per heavy atom. The average molecular weight is 216 g/mol. The number of hydrogen-bond donors (Lipinski definition) is 0. The quantitative estimate of drug-likeness (QED) is 0.613. The van der Waals surface area contributed by atoms with E-state index in [0.29, 0.717) is 25.0 Å². The first-order valence-electron chi connectivity index (χ1n) is 5.68. The topological polar surface area (TPSA) is 35.5 Å². The van der Waals surface area contributed by atoms with Crippen molar-refractivity contribution in [3.05, 3.63) is 0 Å². The van der Waals surface area contributed by atoms with Gasteiger partial charge in [-0.15, -0.1) is 0 Å². The van der Waals surface area contributed by atoms with Crippen LogP contribution >= 0.6 is 0 Å². The van der Waals surface area contributed by atoms with Gasteiger partial charge in [0.05, 0.1) is 19.1 Å². The van der Waals surface area contributed by atoms with E-state index in [-0.39, 0.29) is 11.9 Å². The summed E-state index contributed by atoms with van der Waals surface area (Å²) in [6.07, 6.45) is 0.963. The maximum atomic E-state index is 11.7. The van der Waals surface area contributed by atoms with Crippen LogP contribution in [0.25, 0.3) is 0 Å². The molecule has 0 spiro atoms. The summed E-state index contributed by atoms with van der Waals surface area (Å²) in [5.41, 5.74) is 0. The highest BCUT2D eigenvalue weighted by atomic mass is 16.5. The van der Waals surface area contributed by atoms with Crippen LogP contribution in [0, 0.1) is 17.8 Å². The predicted octanol–water partition coefficient (Wildman–Crippen LogP) is 2.49. The summed E-state index contributed by atoms with van der Waals surface area (Å²) in [6, 6.07) is 0. The molecule has 0 amide bonds. The molecule has 0 rings (SSSR count). The number of methoxy groups -OCH3 is 1. The van der Waals surface area contributed by atoms with Crippen molar-refractivity contribution in [3.8, 4) is 0 Å². The highest BCUT2D eigenvalue weighted by Gasteiger charge is 2.25. The fraction of sp³-hybridized carbons (Fsp3) is 0.917. The maximum Gasteiger partial charge on any atom is 0.311 e. The SMILES string of the molecule is CCC(C)C(COC)C(=O)OCC(C)C. The van der Waals surface area contributed by atoms with Crippen LogP contribution in [0.5, 0.6) is 0 Å². The normalized spacial score (nSPS) is 15.1. The lowest BCUT2D eigenvalue weighted by molar-refractivity contribution is -0.153. The van der Waals surface area contributed by atoms with E-state index in [1.54, 1.807) is 7.11 Å². The van der Waals surface area contributed by atoms with Gasteiger partial charge < -0.3 is 9.47 Å². The highest BCUT2D eigenvalue weighted by Crippen LogP contribution is 2.17. The van der Waals surface area contributed by atoms with E-state index in [0.717, 1.165) is 6.42 Å². The molecular formula is C12H24O3. The van der Waals surface area contributed by atoms with Gasteiger partial charge in [0, 0.05) is 7.11 Å². The van der Waals surface area contributed by atoms with Gasteiger partial charge in [0.25, 0.3) is 0 Å². The molecule has 0 heterocycles. The standard InChI is InChI=1S/C12H24O3/c1-6-10(4)11(8-14-5)12(13)15-7-9(2)3/h9-11H,6-8H2,1-5H3. The summed E-state index contributed by atoms with van der Waals surface area (Å²) < 4.78 is 10.3. The van der Waals surface area contributed by atoms with Crippen LogP contribution in [-0.4, -0.2) is 26.3 Å². The molecule has 0 fully saturated rings. The number of esters is 1. The van der Waals surface area contributed by atoms with Crippen LogP contribution in [0.2, 0.25) is 0 Å². The van der Waals surface area contributed by atoms with Crippen molar-refractivity contribution < 1.29 is 14.3 Å². The molecule has 0 bridgehead atoms. The first-order valence-corrected chi connectivity index (χ1v) is 5.68. The Balaban J connectivity index is 4.16. The van der Waals surface area contributed by atoms with Crippen molar-refractivity contribution in [1.82, 2.24) is 0 Å². The van der Waals surface area contributed by atoms with E-state index in [1.165, 1.54) is 0 Å². The van der Waals surface area contributed by atoms with E-state index >= 15 is 0 Å². The third-order valence-electron chi connectivity index (χ3n) is 2.54. The predicted molar refractivity (Wildman–Crippen MR) is 60.6 cm³/mol. The first kappa shape index (κ1) is 14.4. The summed E-state index contributed by atoms with van der Waals surface area (Å²) in [7, 11) is 1.62. The third kappa shape index (κ3) is 5.78. The van der Waals surface area contributed by atoms with Crippen LogP contribution in [0.4, 0.5) is 0 Å². The smallest absolute Gasteiger partial charge is 0.311 e. The lowest BCUT2D eigenvalue weighted by atomic mass is 9.92. The molecule has 0 aliphatic carbocycles. The minimum Gasteiger partial charge on any atom is -0.465 e. The van der Waals surface area contributed by atoms with E-state index in [4.69, 9.17) is 9.47 Å². The van der Waals surface area contributed by atoms with Crippen molar-refractivity contribution in [2.75, 3.05) is 20.3 Å². The Hall–Kier alpha value is -0.570. The second-order valence-electron chi connectivity index (χ2n) is 4.47. The van der Waals surface area contributed by atoms with Gasteiger partial charge in [0.2, 0.25) is 0 Å². The van der Waals surface area contributed by atoms with Crippen molar-refractivity contribution in [1.29, 1.82) is 0 Å². The highest BCUT2D eigenvalue weighted by molar-refractivity contribution is 5.72. The van der Waals surface area contributed by atoms with Crippen LogP contribution < -0.4 is 0 Å². The van der Waals surface area contributed by atoms with Gasteiger partial charge in [-0.3, -0.25) is 4.79 Å². The number of carbonyl (C=O) groups is 1. The van der Waals surface area contributed by atoms with Gasteiger partial charge in [0.15, 0.2) is 0 Å². The fourth-order valence-electron chi connectivity index (χ4n) is 1.28. The van der Waals surface area contributed by atoms with Crippen LogP contribution in [0.3, 0.4) is 0 Å². The Kier molecular flexibility index (Phi) is 7.39. The number of hydrogen-bond acceptors (Lipinski definition) is 3. The van der Waals surface area contributed by atoms with Gasteiger partial charge in [-0.2, -0.15) is 0 Å². The van der Waals surface area contributed by atoms with Gasteiger partial charge in [0.1, 0.15) is 0 Å². The van der Waals surface area contributed by atoms with Crippen molar-refractivity contribution in [3.63, 3.8) is 0 Å². The maximum absolute atomic E-state index is 11.7. The molecule has 2 unspecified atom stereocenters. The Labute approximate surface area is 93.1 Å². The van der Waals surface area contributed by atoms with E-state index in [9.17, 15) is 4.79 Å². The van der Waals surface area contributed by atoms with E-state index in [1.807, 2.05) is 13.8 Å². The molecule has 90 valence electrons. The lowest BCUT2D eigenvalue weighted by Crippen LogP contribution is -2.29. The zero-order chi connectivity index (χ0) is 11.8. The average Bonchev–Trinajstić information content (AvgIpc) is 2.21. The van der Waals surface area contributed by atoms with Gasteiger partial charge in [-0.05, 0) is 11.8 Å². The summed E-state index contributed by atoms with van der Waals surface area (Å²) in [6.45, 7) is 9.13. The Bertz CT molecular complexity index is 178. The van der Waals surface area contributed by atoms with E-state index < -0.39 is 0 Å². The molecule has 0 radical (unpaired) electrons. The van der Waals surface area contributed by atoms with Crippen molar-refractivity contribution in [2.24, 2.45) is 17.8 Å². The molecule has 0 aromatic carbocycles. The lowest BCUT2D eigenvalue weighted by Gasteiger charge is -2.21. The van der Waals surface area contributed by atoms with Crippen LogP contribution in [0.15, 0.2) is 0 Å². The zero-order valence-corrected chi connectivity index (χ0v) is 10.6. The first-order chi connectivity index (χ1) is 7.02. The van der Waals surface area contributed by atoms with Crippen molar-refractivity contribution >= 4 is 5.97 Å². The molecular weight excluding hydrogens is 192 g/mol. The summed E-state index contributed by atoms with van der Waals surface area (Å²) in [4.78, 5) is 11.7. The second kappa shape index (κ2) is 7.69. The molecule has 0 N–H and O–H groups in total. The minimum absolute atomic E-state index is 0.125.